The minimum absolute atomic E-state index is 0.0241. The molecule has 0 spiro atoms. The second-order valence-corrected chi connectivity index (χ2v) is 6.32. The molecule has 114 valence electrons. The van der Waals surface area contributed by atoms with Crippen molar-refractivity contribution in [1.82, 2.24) is 5.32 Å². The van der Waals surface area contributed by atoms with E-state index >= 15 is 0 Å². The van der Waals surface area contributed by atoms with E-state index in [1.54, 1.807) is 6.08 Å². The average Bonchev–Trinajstić information content (AvgIpc) is 2.34. The summed E-state index contributed by atoms with van der Waals surface area (Å²) in [5.74, 6) is -1.23. The predicted octanol–water partition coefficient (Wildman–Crippen LogP) is 1.53. The van der Waals surface area contributed by atoms with Gasteiger partial charge >= 0.3 is 5.97 Å². The molecule has 4 atom stereocenters. The minimum Gasteiger partial charge on any atom is -0.481 e. The van der Waals surface area contributed by atoms with Crippen molar-refractivity contribution < 1.29 is 14.7 Å². The third-order valence-electron chi connectivity index (χ3n) is 4.82. The summed E-state index contributed by atoms with van der Waals surface area (Å²) in [6, 6.07) is -0.607. The standard InChI is InChI=1S/C15H26N2O3/c1-5-6-11(16)13(18)17-12-8-7-10(14(19)20)15(3,4)9(12)2/h5,9-12H,1,6-8,16H2,2-4H3,(H,17,18)(H,19,20). The molecule has 1 aliphatic carbocycles. The van der Waals surface area contributed by atoms with Gasteiger partial charge in [0.05, 0.1) is 12.0 Å². The summed E-state index contributed by atoms with van der Waals surface area (Å²) < 4.78 is 0. The van der Waals surface area contributed by atoms with Gasteiger partial charge in [0.2, 0.25) is 5.91 Å². The number of amides is 1. The molecule has 0 radical (unpaired) electrons. The molecule has 0 aliphatic heterocycles. The molecular weight excluding hydrogens is 256 g/mol. The number of nitrogens with one attached hydrogen (secondary N) is 1. The highest BCUT2D eigenvalue weighted by atomic mass is 16.4. The molecule has 1 fully saturated rings. The van der Waals surface area contributed by atoms with Crippen molar-refractivity contribution in [3.05, 3.63) is 12.7 Å². The summed E-state index contributed by atoms with van der Waals surface area (Å²) in [6.07, 6.45) is 3.31. The van der Waals surface area contributed by atoms with Gasteiger partial charge in [-0.15, -0.1) is 6.58 Å². The Labute approximate surface area is 120 Å². The van der Waals surface area contributed by atoms with Crippen LogP contribution >= 0.6 is 0 Å². The molecule has 0 saturated heterocycles. The first-order valence-corrected chi connectivity index (χ1v) is 7.11. The van der Waals surface area contributed by atoms with Crippen molar-refractivity contribution in [2.45, 2.75) is 52.1 Å². The summed E-state index contributed by atoms with van der Waals surface area (Å²) in [5, 5.41) is 12.3. The van der Waals surface area contributed by atoms with Crippen LogP contribution in [0.1, 0.15) is 40.0 Å². The molecule has 5 heteroatoms. The summed E-state index contributed by atoms with van der Waals surface area (Å²) in [7, 11) is 0. The van der Waals surface area contributed by atoms with Crippen LogP contribution in [0, 0.1) is 17.3 Å². The van der Waals surface area contributed by atoms with E-state index in [-0.39, 0.29) is 29.2 Å². The van der Waals surface area contributed by atoms with E-state index < -0.39 is 12.0 Å². The molecular formula is C15H26N2O3. The smallest absolute Gasteiger partial charge is 0.307 e. The Balaban J connectivity index is 2.73. The number of hydrogen-bond acceptors (Lipinski definition) is 3. The number of rotatable bonds is 5. The van der Waals surface area contributed by atoms with Crippen LogP contribution in [0.25, 0.3) is 0 Å². The molecule has 0 bridgehead atoms. The van der Waals surface area contributed by atoms with Crippen molar-refractivity contribution in [3.63, 3.8) is 0 Å². The molecule has 1 amide bonds. The summed E-state index contributed by atoms with van der Waals surface area (Å²) in [6.45, 7) is 9.48. The van der Waals surface area contributed by atoms with Crippen molar-refractivity contribution in [3.8, 4) is 0 Å². The Bertz CT molecular complexity index is 393. The van der Waals surface area contributed by atoms with Gasteiger partial charge in [0, 0.05) is 6.04 Å². The fourth-order valence-electron chi connectivity index (χ4n) is 3.02. The zero-order valence-corrected chi connectivity index (χ0v) is 12.6. The molecule has 20 heavy (non-hydrogen) atoms. The first-order chi connectivity index (χ1) is 9.21. The Morgan fingerprint density at radius 1 is 1.50 bits per heavy atom. The number of carboxylic acids is 1. The lowest BCUT2D eigenvalue weighted by Crippen LogP contribution is -2.55. The highest BCUT2D eigenvalue weighted by Crippen LogP contribution is 2.45. The number of hydrogen-bond donors (Lipinski definition) is 3. The highest BCUT2D eigenvalue weighted by molar-refractivity contribution is 5.82. The van der Waals surface area contributed by atoms with Gasteiger partial charge in [0.25, 0.3) is 0 Å². The molecule has 5 nitrogen and oxygen atoms in total. The molecule has 1 rings (SSSR count). The summed E-state index contributed by atoms with van der Waals surface area (Å²) >= 11 is 0. The normalized spacial score (nSPS) is 30.3. The first-order valence-electron chi connectivity index (χ1n) is 7.11. The second kappa shape index (κ2) is 6.39. The maximum Gasteiger partial charge on any atom is 0.307 e. The van der Waals surface area contributed by atoms with Crippen LogP contribution in [-0.2, 0) is 9.59 Å². The molecule has 0 aromatic carbocycles. The number of carbonyl (C=O) groups is 2. The predicted molar refractivity (Wildman–Crippen MR) is 78.0 cm³/mol. The third kappa shape index (κ3) is 3.39. The van der Waals surface area contributed by atoms with Gasteiger partial charge in [-0.25, -0.2) is 0 Å². The number of aliphatic carboxylic acids is 1. The molecule has 4 unspecified atom stereocenters. The lowest BCUT2D eigenvalue weighted by molar-refractivity contribution is -0.150. The van der Waals surface area contributed by atoms with Gasteiger partial charge in [-0.3, -0.25) is 9.59 Å². The monoisotopic (exact) mass is 282 g/mol. The molecule has 4 N–H and O–H groups in total. The van der Waals surface area contributed by atoms with E-state index in [1.807, 2.05) is 20.8 Å². The van der Waals surface area contributed by atoms with Crippen molar-refractivity contribution in [2.24, 2.45) is 23.0 Å². The van der Waals surface area contributed by atoms with Crippen LogP contribution < -0.4 is 11.1 Å². The Morgan fingerprint density at radius 2 is 2.10 bits per heavy atom. The lowest BCUT2D eigenvalue weighted by Gasteiger charge is -2.46. The molecule has 0 aromatic rings. The summed E-state index contributed by atoms with van der Waals surface area (Å²) in [4.78, 5) is 23.3. The number of nitrogens with two attached hydrogens (primary N) is 1. The molecule has 0 heterocycles. The lowest BCUT2D eigenvalue weighted by atomic mass is 9.61. The van der Waals surface area contributed by atoms with E-state index in [0.29, 0.717) is 19.3 Å². The Hall–Kier alpha value is -1.36. The van der Waals surface area contributed by atoms with Crippen molar-refractivity contribution >= 4 is 11.9 Å². The topological polar surface area (TPSA) is 92.4 Å². The third-order valence-corrected chi connectivity index (χ3v) is 4.82. The maximum absolute atomic E-state index is 12.0. The average molecular weight is 282 g/mol. The number of carbonyl (C=O) groups excluding carboxylic acids is 1. The summed E-state index contributed by atoms with van der Waals surface area (Å²) in [5.41, 5.74) is 5.40. The fourth-order valence-corrected chi connectivity index (χ4v) is 3.02. The van der Waals surface area contributed by atoms with E-state index in [9.17, 15) is 14.7 Å². The molecule has 0 aromatic heterocycles. The fraction of sp³-hybridized carbons (Fsp3) is 0.733. The zero-order valence-electron chi connectivity index (χ0n) is 12.6. The maximum atomic E-state index is 12.0. The molecule has 1 saturated carbocycles. The zero-order chi connectivity index (χ0) is 15.5. The van der Waals surface area contributed by atoms with Crippen LogP contribution in [0.5, 0.6) is 0 Å². The quantitative estimate of drug-likeness (QED) is 0.667. The van der Waals surface area contributed by atoms with Crippen LogP contribution in [-0.4, -0.2) is 29.1 Å². The van der Waals surface area contributed by atoms with Gasteiger partial charge in [-0.1, -0.05) is 26.8 Å². The SMILES string of the molecule is C=CCC(N)C(=O)NC1CCC(C(=O)O)C(C)(C)C1C. The largest absolute Gasteiger partial charge is 0.481 e. The van der Waals surface area contributed by atoms with Crippen LogP contribution in [0.2, 0.25) is 0 Å². The van der Waals surface area contributed by atoms with E-state index in [0.717, 1.165) is 0 Å². The van der Waals surface area contributed by atoms with Gasteiger partial charge in [0.1, 0.15) is 0 Å². The van der Waals surface area contributed by atoms with Crippen LogP contribution in [0.15, 0.2) is 12.7 Å². The Morgan fingerprint density at radius 3 is 2.60 bits per heavy atom. The van der Waals surface area contributed by atoms with Crippen molar-refractivity contribution in [1.29, 1.82) is 0 Å². The first kappa shape index (κ1) is 16.7. The van der Waals surface area contributed by atoms with Crippen LogP contribution in [0.3, 0.4) is 0 Å². The van der Waals surface area contributed by atoms with Crippen LogP contribution in [0.4, 0.5) is 0 Å². The minimum atomic E-state index is -0.755. The van der Waals surface area contributed by atoms with E-state index in [4.69, 9.17) is 5.73 Å². The van der Waals surface area contributed by atoms with E-state index in [1.165, 1.54) is 0 Å². The van der Waals surface area contributed by atoms with Gasteiger partial charge in [-0.05, 0) is 30.6 Å². The van der Waals surface area contributed by atoms with Gasteiger partial charge < -0.3 is 16.2 Å². The second-order valence-electron chi connectivity index (χ2n) is 6.32. The Kier molecular flexibility index (Phi) is 5.34. The van der Waals surface area contributed by atoms with Crippen molar-refractivity contribution in [2.75, 3.05) is 0 Å². The molecule has 1 aliphatic rings. The van der Waals surface area contributed by atoms with E-state index in [2.05, 4.69) is 11.9 Å². The number of carboxylic acid groups (broad SMARTS) is 1. The van der Waals surface area contributed by atoms with Gasteiger partial charge in [0.15, 0.2) is 0 Å². The van der Waals surface area contributed by atoms with Gasteiger partial charge in [-0.2, -0.15) is 0 Å². The highest BCUT2D eigenvalue weighted by Gasteiger charge is 2.46.